The molecule has 0 bridgehead atoms. The first-order chi connectivity index (χ1) is 9.58. The average Bonchev–Trinajstić information content (AvgIpc) is 2.83. The van der Waals surface area contributed by atoms with E-state index in [1.807, 2.05) is 12.1 Å². The van der Waals surface area contributed by atoms with Crippen molar-refractivity contribution in [3.8, 4) is 0 Å². The zero-order valence-corrected chi connectivity index (χ0v) is 12.6. The van der Waals surface area contributed by atoms with E-state index in [1.54, 1.807) is 0 Å². The summed E-state index contributed by atoms with van der Waals surface area (Å²) < 4.78 is 0. The summed E-state index contributed by atoms with van der Waals surface area (Å²) in [6, 6.07) is 8.30. The summed E-state index contributed by atoms with van der Waals surface area (Å²) in [7, 11) is 4.11. The van der Waals surface area contributed by atoms with Gasteiger partial charge in [-0.15, -0.1) is 0 Å². The molecule has 1 aliphatic heterocycles. The predicted molar refractivity (Wildman–Crippen MR) is 81.2 cm³/mol. The molecule has 0 radical (unpaired) electrons. The largest absolute Gasteiger partial charge is 0.352 e. The van der Waals surface area contributed by atoms with Gasteiger partial charge in [0.25, 0.3) is 0 Å². The van der Waals surface area contributed by atoms with Crippen molar-refractivity contribution < 1.29 is 4.79 Å². The normalized spacial score (nSPS) is 22.2. The standard InChI is InChI=1S/C16H25N3O/c1-12-8-17-10-15(12)16(20)18-9-13-6-4-5-7-14(13)11-19(2)3/h4-7,12,15,17H,8-11H2,1-3H3,(H,18,20). The highest BCUT2D eigenvalue weighted by molar-refractivity contribution is 5.79. The Morgan fingerprint density at radius 2 is 2.00 bits per heavy atom. The monoisotopic (exact) mass is 275 g/mol. The molecule has 1 aliphatic rings. The molecule has 0 aliphatic carbocycles. The van der Waals surface area contributed by atoms with Crippen molar-refractivity contribution in [2.24, 2.45) is 11.8 Å². The van der Waals surface area contributed by atoms with E-state index in [2.05, 4.69) is 48.7 Å². The smallest absolute Gasteiger partial charge is 0.224 e. The van der Waals surface area contributed by atoms with Crippen molar-refractivity contribution in [2.45, 2.75) is 20.0 Å². The van der Waals surface area contributed by atoms with Crippen molar-refractivity contribution in [3.63, 3.8) is 0 Å². The highest BCUT2D eigenvalue weighted by Crippen LogP contribution is 2.16. The third-order valence-electron chi connectivity index (χ3n) is 3.91. The highest BCUT2D eigenvalue weighted by Gasteiger charge is 2.29. The molecule has 4 heteroatoms. The van der Waals surface area contributed by atoms with Crippen LogP contribution in [0.1, 0.15) is 18.1 Å². The Morgan fingerprint density at radius 3 is 2.60 bits per heavy atom. The molecule has 1 amide bonds. The van der Waals surface area contributed by atoms with Gasteiger partial charge in [-0.1, -0.05) is 31.2 Å². The second-order valence-corrected chi connectivity index (χ2v) is 5.97. The van der Waals surface area contributed by atoms with Gasteiger partial charge in [-0.25, -0.2) is 0 Å². The van der Waals surface area contributed by atoms with Crippen LogP contribution in [-0.2, 0) is 17.9 Å². The van der Waals surface area contributed by atoms with Crippen LogP contribution in [0.15, 0.2) is 24.3 Å². The Labute approximate surface area is 121 Å². The van der Waals surface area contributed by atoms with Crippen LogP contribution in [0.25, 0.3) is 0 Å². The molecule has 20 heavy (non-hydrogen) atoms. The first-order valence-corrected chi connectivity index (χ1v) is 7.28. The quantitative estimate of drug-likeness (QED) is 0.849. The lowest BCUT2D eigenvalue weighted by atomic mass is 9.97. The summed E-state index contributed by atoms with van der Waals surface area (Å²) in [5, 5.41) is 6.36. The van der Waals surface area contributed by atoms with Gasteiger partial charge < -0.3 is 15.5 Å². The number of amides is 1. The van der Waals surface area contributed by atoms with Crippen LogP contribution in [-0.4, -0.2) is 38.0 Å². The van der Waals surface area contributed by atoms with E-state index in [1.165, 1.54) is 11.1 Å². The maximum absolute atomic E-state index is 12.2. The van der Waals surface area contributed by atoms with Crippen LogP contribution in [0, 0.1) is 11.8 Å². The third kappa shape index (κ3) is 3.81. The summed E-state index contributed by atoms with van der Waals surface area (Å²) in [5.41, 5.74) is 2.48. The molecule has 1 aromatic carbocycles. The first-order valence-electron chi connectivity index (χ1n) is 7.28. The third-order valence-corrected chi connectivity index (χ3v) is 3.91. The number of nitrogens with one attached hydrogen (secondary N) is 2. The van der Waals surface area contributed by atoms with Gasteiger partial charge in [-0.2, -0.15) is 0 Å². The maximum Gasteiger partial charge on any atom is 0.224 e. The molecule has 1 fully saturated rings. The summed E-state index contributed by atoms with van der Waals surface area (Å²) in [6.07, 6.45) is 0. The Morgan fingerprint density at radius 1 is 1.30 bits per heavy atom. The minimum atomic E-state index is 0.107. The Kier molecular flexibility index (Phi) is 5.15. The SMILES string of the molecule is CC1CNCC1C(=O)NCc1ccccc1CN(C)C. The van der Waals surface area contributed by atoms with Gasteiger partial charge in [0.1, 0.15) is 0 Å². The zero-order valence-electron chi connectivity index (χ0n) is 12.6. The average molecular weight is 275 g/mol. The van der Waals surface area contributed by atoms with Crippen LogP contribution in [0.3, 0.4) is 0 Å². The fraction of sp³-hybridized carbons (Fsp3) is 0.562. The second-order valence-electron chi connectivity index (χ2n) is 5.97. The van der Waals surface area contributed by atoms with Crippen molar-refractivity contribution in [1.29, 1.82) is 0 Å². The topological polar surface area (TPSA) is 44.4 Å². The van der Waals surface area contributed by atoms with E-state index in [0.717, 1.165) is 19.6 Å². The molecule has 1 saturated heterocycles. The van der Waals surface area contributed by atoms with E-state index in [4.69, 9.17) is 0 Å². The molecule has 2 rings (SSSR count). The van der Waals surface area contributed by atoms with Gasteiger partial charge in [0.15, 0.2) is 0 Å². The number of carbonyl (C=O) groups is 1. The molecule has 1 heterocycles. The van der Waals surface area contributed by atoms with E-state index < -0.39 is 0 Å². The van der Waals surface area contributed by atoms with E-state index in [-0.39, 0.29) is 11.8 Å². The molecule has 2 unspecified atom stereocenters. The fourth-order valence-electron chi connectivity index (χ4n) is 2.70. The molecule has 0 spiro atoms. The number of rotatable bonds is 5. The minimum absolute atomic E-state index is 0.107. The number of hydrogen-bond donors (Lipinski definition) is 2. The van der Waals surface area contributed by atoms with Gasteiger partial charge in [0, 0.05) is 19.6 Å². The van der Waals surface area contributed by atoms with Crippen molar-refractivity contribution in [3.05, 3.63) is 35.4 Å². The highest BCUT2D eigenvalue weighted by atomic mass is 16.1. The van der Waals surface area contributed by atoms with Gasteiger partial charge >= 0.3 is 0 Å². The second kappa shape index (κ2) is 6.86. The van der Waals surface area contributed by atoms with Crippen molar-refractivity contribution in [1.82, 2.24) is 15.5 Å². The molecule has 2 N–H and O–H groups in total. The summed E-state index contributed by atoms with van der Waals surface area (Å²) in [6.45, 7) is 5.38. The van der Waals surface area contributed by atoms with Gasteiger partial charge in [-0.3, -0.25) is 4.79 Å². The van der Waals surface area contributed by atoms with Crippen molar-refractivity contribution in [2.75, 3.05) is 27.2 Å². The summed E-state index contributed by atoms with van der Waals surface area (Å²) in [4.78, 5) is 14.3. The molecule has 1 aromatic rings. The number of hydrogen-bond acceptors (Lipinski definition) is 3. The minimum Gasteiger partial charge on any atom is -0.352 e. The lowest BCUT2D eigenvalue weighted by Gasteiger charge is -2.17. The molecule has 0 saturated carbocycles. The molecule has 4 nitrogen and oxygen atoms in total. The van der Waals surface area contributed by atoms with Crippen molar-refractivity contribution >= 4 is 5.91 Å². The lowest BCUT2D eigenvalue weighted by Crippen LogP contribution is -2.34. The molecule has 0 aromatic heterocycles. The number of benzene rings is 1. The summed E-state index contributed by atoms with van der Waals surface area (Å²) >= 11 is 0. The molecule has 2 atom stereocenters. The van der Waals surface area contributed by atoms with Gasteiger partial charge in [-0.05, 0) is 37.7 Å². The van der Waals surface area contributed by atoms with Crippen LogP contribution in [0.5, 0.6) is 0 Å². The van der Waals surface area contributed by atoms with E-state index in [0.29, 0.717) is 12.5 Å². The van der Waals surface area contributed by atoms with Crippen LogP contribution in [0.2, 0.25) is 0 Å². The van der Waals surface area contributed by atoms with Crippen LogP contribution in [0.4, 0.5) is 0 Å². The van der Waals surface area contributed by atoms with Crippen LogP contribution < -0.4 is 10.6 Å². The number of carbonyl (C=O) groups excluding carboxylic acids is 1. The predicted octanol–water partition coefficient (Wildman–Crippen LogP) is 1.22. The maximum atomic E-state index is 12.2. The molecule has 110 valence electrons. The Bertz CT molecular complexity index is 459. The Hall–Kier alpha value is -1.39. The Balaban J connectivity index is 1.95. The number of nitrogens with zero attached hydrogens (tertiary/aromatic N) is 1. The molecular formula is C16H25N3O. The fourth-order valence-corrected chi connectivity index (χ4v) is 2.70. The molecular weight excluding hydrogens is 250 g/mol. The van der Waals surface area contributed by atoms with E-state index >= 15 is 0 Å². The zero-order chi connectivity index (χ0) is 14.5. The lowest BCUT2D eigenvalue weighted by molar-refractivity contribution is -0.125. The first kappa shape index (κ1) is 15.0. The summed E-state index contributed by atoms with van der Waals surface area (Å²) in [5.74, 6) is 0.699. The van der Waals surface area contributed by atoms with Crippen LogP contribution >= 0.6 is 0 Å². The van der Waals surface area contributed by atoms with E-state index in [9.17, 15) is 4.79 Å². The van der Waals surface area contributed by atoms with Gasteiger partial charge in [0.2, 0.25) is 5.91 Å². The van der Waals surface area contributed by atoms with Gasteiger partial charge in [0.05, 0.1) is 5.92 Å².